The van der Waals surface area contributed by atoms with E-state index in [0.29, 0.717) is 18.1 Å². The minimum Gasteiger partial charge on any atom is -0.469 e. The Balaban J connectivity index is 0.000000335. The van der Waals surface area contributed by atoms with Crippen molar-refractivity contribution in [3.8, 4) is 0 Å². The number of carbonyl (C=O) groups is 5. The quantitative estimate of drug-likeness (QED) is 0.189. The first-order valence-corrected chi connectivity index (χ1v) is 29.6. The van der Waals surface area contributed by atoms with Crippen LogP contribution in [0.15, 0.2) is 0 Å². The van der Waals surface area contributed by atoms with Crippen molar-refractivity contribution in [1.29, 1.82) is 0 Å². The maximum absolute atomic E-state index is 12.2. The standard InChI is InChI=1S/C14H26N2O2.C13H25NO2.C12H24N2O2.C11H21NO2.C10H20N2O2/c1-11(2)15-8-9-16(14(10-15)6-7-14)12(17)18-13(3,4)5;1-10(2)11-6-8-14(9-7-11)12(15)16-13(3,4)5;1-10(2)13-6-8-14(9-7-13)11(15)16-12(3,4)5;1-9(2)12-7-5-11(3,6-8-12)10(13)14-4;1-10(2,3)12-7-5-11(6-8-12)9(13)14-4/h11H,6-10H2,1-5H3;10-11H,6-9H2,1-5H3;10H,6-9H2,1-5H3;9H,5-8H2,1-4H3;5-8H2,1-4H3. The third-order valence-electron chi connectivity index (χ3n) is 15.7. The second kappa shape index (κ2) is 30.4. The highest BCUT2D eigenvalue weighted by Gasteiger charge is 2.54. The van der Waals surface area contributed by atoms with Gasteiger partial charge in [-0.05, 0) is 195 Å². The lowest BCUT2D eigenvalue weighted by molar-refractivity contribution is -0.154. The van der Waals surface area contributed by atoms with Crippen molar-refractivity contribution in [1.82, 2.24) is 39.2 Å². The van der Waals surface area contributed by atoms with Crippen molar-refractivity contribution in [2.75, 3.05) is 112 Å². The van der Waals surface area contributed by atoms with E-state index in [1.54, 1.807) is 9.80 Å². The summed E-state index contributed by atoms with van der Waals surface area (Å²) in [5, 5.41) is 0. The molecule has 78 heavy (non-hydrogen) atoms. The van der Waals surface area contributed by atoms with Crippen LogP contribution in [0.5, 0.6) is 0 Å². The minimum atomic E-state index is -0.400. The molecule has 4 amide bonds. The van der Waals surface area contributed by atoms with E-state index >= 15 is 0 Å². The molecule has 5 saturated heterocycles. The molecule has 0 atom stereocenters. The van der Waals surface area contributed by atoms with Crippen LogP contribution in [0.4, 0.5) is 19.2 Å². The van der Waals surface area contributed by atoms with Crippen LogP contribution in [0.25, 0.3) is 0 Å². The zero-order valence-electron chi connectivity index (χ0n) is 53.9. The van der Waals surface area contributed by atoms with Gasteiger partial charge in [0.05, 0.1) is 25.2 Å². The molecular formula is C60H116N8O10. The molecule has 18 nitrogen and oxygen atoms in total. The van der Waals surface area contributed by atoms with Crippen LogP contribution in [0, 0.1) is 17.3 Å². The van der Waals surface area contributed by atoms with Crippen molar-refractivity contribution in [2.24, 2.45) is 17.3 Å². The summed E-state index contributed by atoms with van der Waals surface area (Å²) in [6.07, 6.45) is 5.60. The molecule has 0 N–H and O–H groups in total. The van der Waals surface area contributed by atoms with Gasteiger partial charge in [-0.25, -0.2) is 19.2 Å². The Morgan fingerprint density at radius 3 is 1.17 bits per heavy atom. The summed E-state index contributed by atoms with van der Waals surface area (Å²) in [7, 11) is 2.90. The van der Waals surface area contributed by atoms with Crippen LogP contribution >= 0.6 is 0 Å². The van der Waals surface area contributed by atoms with E-state index in [4.69, 9.17) is 18.9 Å². The van der Waals surface area contributed by atoms with Crippen molar-refractivity contribution in [3.63, 3.8) is 0 Å². The van der Waals surface area contributed by atoms with E-state index in [1.165, 1.54) is 14.2 Å². The Morgan fingerprint density at radius 2 is 0.808 bits per heavy atom. The normalized spacial score (nSPS) is 20.8. The first kappa shape index (κ1) is 70.5. The predicted octanol–water partition coefficient (Wildman–Crippen LogP) is 10.6. The molecule has 0 unspecified atom stereocenters. The monoisotopic (exact) mass is 1110 g/mol. The van der Waals surface area contributed by atoms with Crippen molar-refractivity contribution in [2.45, 2.75) is 230 Å². The number of piperazine rings is 3. The number of methoxy groups -OCH3 is 2. The van der Waals surface area contributed by atoms with Crippen molar-refractivity contribution >= 4 is 30.3 Å². The fraction of sp³-hybridized carbons (Fsp3) is 0.917. The molecule has 0 aromatic rings. The van der Waals surface area contributed by atoms with Crippen LogP contribution in [-0.4, -0.2) is 228 Å². The molecule has 1 saturated carbocycles. The Bertz CT molecular complexity index is 1760. The SMILES string of the molecule is CC(C)C1CCN(C(=O)OC(C)(C)C)CC1.CC(C)N1CCN(C(=O)OC(C)(C)C)C2(CC2)C1.CC(C)N1CCN(C(=O)OC(C)(C)C)CC1.COC(=O)C1(C)CCN(C(C)C)CC1.COC(=O)N1CCN(C(C)(C)C)CC1. The van der Waals surface area contributed by atoms with E-state index in [2.05, 4.69) is 100 Å². The summed E-state index contributed by atoms with van der Waals surface area (Å²) >= 11 is 0. The first-order valence-electron chi connectivity index (χ1n) is 29.6. The van der Waals surface area contributed by atoms with Gasteiger partial charge in [0.1, 0.15) is 16.8 Å². The van der Waals surface area contributed by atoms with Gasteiger partial charge < -0.3 is 43.3 Å². The molecule has 0 aromatic carbocycles. The summed E-state index contributed by atoms with van der Waals surface area (Å²) in [4.78, 5) is 75.5. The smallest absolute Gasteiger partial charge is 0.410 e. The minimum absolute atomic E-state index is 0.0547. The highest BCUT2D eigenvalue weighted by molar-refractivity contribution is 5.76. The third kappa shape index (κ3) is 24.6. The Kier molecular flexibility index (Phi) is 27.5. The van der Waals surface area contributed by atoms with Gasteiger partial charge in [0.25, 0.3) is 0 Å². The second-order valence-corrected chi connectivity index (χ2v) is 27.9. The topological polar surface area (TPSA) is 157 Å². The van der Waals surface area contributed by atoms with Gasteiger partial charge in [0.15, 0.2) is 0 Å². The predicted molar refractivity (Wildman–Crippen MR) is 313 cm³/mol. The van der Waals surface area contributed by atoms with Gasteiger partial charge in [0, 0.05) is 109 Å². The maximum atomic E-state index is 12.2. The van der Waals surface area contributed by atoms with E-state index in [9.17, 15) is 24.0 Å². The number of amides is 4. The number of esters is 1. The lowest BCUT2D eigenvalue weighted by Crippen LogP contribution is -2.59. The van der Waals surface area contributed by atoms with Crippen LogP contribution < -0.4 is 0 Å². The van der Waals surface area contributed by atoms with Gasteiger partial charge in [-0.15, -0.1) is 0 Å². The number of nitrogens with zero attached hydrogens (tertiary/aromatic N) is 8. The number of likely N-dealkylation sites (tertiary alicyclic amines) is 2. The number of ether oxygens (including phenoxy) is 5. The maximum Gasteiger partial charge on any atom is 0.410 e. The summed E-state index contributed by atoms with van der Waals surface area (Å²) < 4.78 is 25.7. The lowest BCUT2D eigenvalue weighted by Gasteiger charge is -2.43. The van der Waals surface area contributed by atoms with Crippen LogP contribution in [0.3, 0.4) is 0 Å². The molecule has 0 aromatic heterocycles. The molecule has 5 aliphatic heterocycles. The second-order valence-electron chi connectivity index (χ2n) is 27.9. The molecule has 1 spiro atoms. The number of hydrogen-bond acceptors (Lipinski definition) is 14. The molecule has 6 aliphatic rings. The van der Waals surface area contributed by atoms with Crippen LogP contribution in [-0.2, 0) is 28.5 Å². The Morgan fingerprint density at radius 1 is 0.436 bits per heavy atom. The summed E-state index contributed by atoms with van der Waals surface area (Å²) in [5.41, 5.74) is -1.16. The average Bonchev–Trinajstić information content (AvgIpc) is 4.10. The van der Waals surface area contributed by atoms with Gasteiger partial charge in [-0.1, -0.05) is 13.8 Å². The fourth-order valence-electron chi connectivity index (χ4n) is 10.1. The van der Waals surface area contributed by atoms with Crippen LogP contribution in [0.1, 0.15) is 184 Å². The highest BCUT2D eigenvalue weighted by Crippen LogP contribution is 2.45. The van der Waals surface area contributed by atoms with Gasteiger partial charge in [-0.3, -0.25) is 24.4 Å². The van der Waals surface area contributed by atoms with E-state index in [-0.39, 0.29) is 52.4 Å². The molecule has 0 bridgehead atoms. The molecule has 5 heterocycles. The highest BCUT2D eigenvalue weighted by atomic mass is 16.6. The van der Waals surface area contributed by atoms with Crippen LogP contribution in [0.2, 0.25) is 0 Å². The molecule has 18 heteroatoms. The molecule has 456 valence electrons. The lowest BCUT2D eigenvalue weighted by atomic mass is 9.80. The summed E-state index contributed by atoms with van der Waals surface area (Å²) in [5.74, 6) is 1.43. The van der Waals surface area contributed by atoms with E-state index in [0.717, 1.165) is 149 Å². The van der Waals surface area contributed by atoms with Gasteiger partial charge in [-0.2, -0.15) is 0 Å². The number of rotatable bonds is 5. The third-order valence-corrected chi connectivity index (χ3v) is 15.7. The van der Waals surface area contributed by atoms with E-state index in [1.807, 2.05) is 79.0 Å². The average molecular weight is 1110 g/mol. The fourth-order valence-corrected chi connectivity index (χ4v) is 10.1. The summed E-state index contributed by atoms with van der Waals surface area (Å²) in [6, 6.07) is 1.70. The first-order chi connectivity index (χ1) is 35.8. The molecule has 6 fully saturated rings. The Labute approximate surface area is 475 Å². The van der Waals surface area contributed by atoms with Gasteiger partial charge in [0.2, 0.25) is 0 Å². The molecule has 0 radical (unpaired) electrons. The Hall–Kier alpha value is -3.61. The van der Waals surface area contributed by atoms with Gasteiger partial charge >= 0.3 is 30.3 Å². The van der Waals surface area contributed by atoms with E-state index < -0.39 is 11.2 Å². The number of piperidine rings is 2. The zero-order valence-corrected chi connectivity index (χ0v) is 53.9. The largest absolute Gasteiger partial charge is 0.469 e. The van der Waals surface area contributed by atoms with Crippen molar-refractivity contribution < 1.29 is 47.7 Å². The van der Waals surface area contributed by atoms with Crippen molar-refractivity contribution in [3.05, 3.63) is 0 Å². The summed E-state index contributed by atoms with van der Waals surface area (Å²) in [6.45, 7) is 56.8. The number of hydrogen-bond donors (Lipinski definition) is 0. The molecule has 1 aliphatic carbocycles. The molecule has 6 rings (SSSR count). The molecular weight excluding hydrogens is 993 g/mol. The zero-order chi connectivity index (χ0) is 59.8. The number of carbonyl (C=O) groups excluding carboxylic acids is 5.